The van der Waals surface area contributed by atoms with Crippen LogP contribution in [-0.4, -0.2) is 36.4 Å². The number of carbonyl (C=O) groups excluding carboxylic acids is 1. The summed E-state index contributed by atoms with van der Waals surface area (Å²) in [6, 6.07) is 3.61. The van der Waals surface area contributed by atoms with Gasteiger partial charge in [-0.2, -0.15) is 0 Å². The molecule has 19 heavy (non-hydrogen) atoms. The Morgan fingerprint density at radius 3 is 3.05 bits per heavy atom. The molecule has 1 saturated heterocycles. The highest BCUT2D eigenvalue weighted by Gasteiger charge is 2.25. The molecule has 0 unspecified atom stereocenters. The summed E-state index contributed by atoms with van der Waals surface area (Å²) < 4.78 is 18.0. The summed E-state index contributed by atoms with van der Waals surface area (Å²) in [4.78, 5) is 11.8. The van der Waals surface area contributed by atoms with Crippen LogP contribution in [0.2, 0.25) is 5.02 Å². The topological polar surface area (TPSA) is 58.6 Å². The van der Waals surface area contributed by atoms with Crippen molar-refractivity contribution < 1.29 is 19.0 Å². The summed E-state index contributed by atoms with van der Waals surface area (Å²) in [5.74, 6) is -0.687. The average molecular weight is 288 g/mol. The third kappa shape index (κ3) is 3.89. The van der Waals surface area contributed by atoms with Gasteiger partial charge in [0, 0.05) is 11.6 Å². The highest BCUT2D eigenvalue weighted by atomic mass is 35.5. The van der Waals surface area contributed by atoms with Crippen LogP contribution in [0, 0.1) is 5.82 Å². The molecule has 0 aromatic heterocycles. The number of hydrogen-bond acceptors (Lipinski definition) is 3. The van der Waals surface area contributed by atoms with Gasteiger partial charge in [0.05, 0.1) is 25.2 Å². The molecule has 2 atom stereocenters. The van der Waals surface area contributed by atoms with E-state index in [4.69, 9.17) is 16.3 Å². The summed E-state index contributed by atoms with van der Waals surface area (Å²) >= 11 is 5.86. The number of amides is 1. The maximum absolute atomic E-state index is 12.9. The lowest BCUT2D eigenvalue weighted by atomic mass is 10.1. The van der Waals surface area contributed by atoms with Gasteiger partial charge >= 0.3 is 0 Å². The van der Waals surface area contributed by atoms with Crippen molar-refractivity contribution in [2.24, 2.45) is 0 Å². The Morgan fingerprint density at radius 1 is 1.58 bits per heavy atom. The van der Waals surface area contributed by atoms with Crippen LogP contribution in [0.1, 0.15) is 12.0 Å². The highest BCUT2D eigenvalue weighted by Crippen LogP contribution is 2.18. The molecule has 4 nitrogen and oxygen atoms in total. The quantitative estimate of drug-likeness (QED) is 0.881. The molecule has 1 fully saturated rings. The van der Waals surface area contributed by atoms with E-state index in [1.54, 1.807) is 0 Å². The van der Waals surface area contributed by atoms with Crippen LogP contribution in [0.3, 0.4) is 0 Å². The van der Waals surface area contributed by atoms with Crippen LogP contribution in [-0.2, 0) is 16.0 Å². The molecule has 0 bridgehead atoms. The second kappa shape index (κ2) is 6.32. The summed E-state index contributed by atoms with van der Waals surface area (Å²) in [6.07, 6.45) is -0.0610. The molecule has 1 heterocycles. The van der Waals surface area contributed by atoms with Crippen molar-refractivity contribution in [1.29, 1.82) is 0 Å². The Hall–Kier alpha value is -1.17. The monoisotopic (exact) mass is 287 g/mol. The van der Waals surface area contributed by atoms with Crippen LogP contribution in [0.15, 0.2) is 18.2 Å². The summed E-state index contributed by atoms with van der Waals surface area (Å²) in [6.45, 7) is 0.738. The maximum Gasteiger partial charge on any atom is 0.224 e. The first-order chi connectivity index (χ1) is 9.06. The van der Waals surface area contributed by atoms with E-state index in [2.05, 4.69) is 5.32 Å². The molecule has 1 aromatic carbocycles. The molecule has 6 heteroatoms. The minimum Gasteiger partial charge on any atom is -0.389 e. The molecule has 1 aliphatic heterocycles. The number of ether oxygens (including phenoxy) is 1. The Kier molecular flexibility index (Phi) is 4.74. The van der Waals surface area contributed by atoms with E-state index in [0.29, 0.717) is 18.6 Å². The van der Waals surface area contributed by atoms with E-state index >= 15 is 0 Å². The smallest absolute Gasteiger partial charge is 0.224 e. The van der Waals surface area contributed by atoms with E-state index < -0.39 is 11.9 Å². The number of aliphatic hydroxyl groups excluding tert-OH is 1. The number of rotatable bonds is 3. The van der Waals surface area contributed by atoms with Crippen molar-refractivity contribution >= 4 is 17.5 Å². The van der Waals surface area contributed by atoms with Crippen LogP contribution in [0.4, 0.5) is 4.39 Å². The van der Waals surface area contributed by atoms with Gasteiger partial charge in [0.25, 0.3) is 0 Å². The number of benzene rings is 1. The van der Waals surface area contributed by atoms with Crippen molar-refractivity contribution in [3.8, 4) is 0 Å². The Morgan fingerprint density at radius 2 is 2.37 bits per heavy atom. The second-order valence-corrected chi connectivity index (χ2v) is 4.92. The molecular formula is C13H15ClFNO3. The van der Waals surface area contributed by atoms with Crippen molar-refractivity contribution in [3.63, 3.8) is 0 Å². The van der Waals surface area contributed by atoms with E-state index in [-0.39, 0.29) is 30.0 Å². The third-order valence-electron chi connectivity index (χ3n) is 3.04. The Bertz CT molecular complexity index is 469. The summed E-state index contributed by atoms with van der Waals surface area (Å²) in [7, 11) is 0. The standard InChI is InChI=1S/C13H15ClFNO3/c14-10-6-9(15)2-1-8(10)5-13(18)16-11-3-4-19-7-12(11)17/h1-2,6,11-12,17H,3-5,7H2,(H,16,18)/t11-,12-/m1/s1. The molecular weight excluding hydrogens is 273 g/mol. The summed E-state index contributed by atoms with van der Waals surface area (Å²) in [5, 5.41) is 12.6. The van der Waals surface area contributed by atoms with E-state index in [9.17, 15) is 14.3 Å². The lowest BCUT2D eigenvalue weighted by molar-refractivity contribution is -0.123. The van der Waals surface area contributed by atoms with Crippen LogP contribution < -0.4 is 5.32 Å². The Labute approximate surface area is 115 Å². The molecule has 1 amide bonds. The molecule has 0 saturated carbocycles. The fraction of sp³-hybridized carbons (Fsp3) is 0.462. The molecule has 0 aliphatic carbocycles. The van der Waals surface area contributed by atoms with Crippen LogP contribution in [0.5, 0.6) is 0 Å². The maximum atomic E-state index is 12.9. The number of halogens is 2. The molecule has 104 valence electrons. The van der Waals surface area contributed by atoms with Crippen molar-refractivity contribution in [2.75, 3.05) is 13.2 Å². The zero-order valence-electron chi connectivity index (χ0n) is 10.2. The molecule has 2 rings (SSSR count). The van der Waals surface area contributed by atoms with Crippen LogP contribution >= 0.6 is 11.6 Å². The average Bonchev–Trinajstić information content (AvgIpc) is 2.36. The van der Waals surface area contributed by atoms with Crippen LogP contribution in [0.25, 0.3) is 0 Å². The van der Waals surface area contributed by atoms with Gasteiger partial charge in [0.1, 0.15) is 5.82 Å². The number of nitrogens with one attached hydrogen (secondary N) is 1. The number of aliphatic hydroxyl groups is 1. The minimum absolute atomic E-state index is 0.0587. The predicted molar refractivity (Wildman–Crippen MR) is 68.5 cm³/mol. The zero-order chi connectivity index (χ0) is 13.8. The van der Waals surface area contributed by atoms with Gasteiger partial charge in [-0.25, -0.2) is 4.39 Å². The Balaban J connectivity index is 1.93. The fourth-order valence-electron chi connectivity index (χ4n) is 1.99. The number of hydrogen-bond donors (Lipinski definition) is 2. The van der Waals surface area contributed by atoms with Crippen molar-refractivity contribution in [1.82, 2.24) is 5.32 Å². The lowest BCUT2D eigenvalue weighted by Crippen LogP contribution is -2.49. The van der Waals surface area contributed by atoms with E-state index in [0.717, 1.165) is 0 Å². The number of carbonyl (C=O) groups is 1. The molecule has 0 radical (unpaired) electrons. The van der Waals surface area contributed by atoms with E-state index in [1.165, 1.54) is 18.2 Å². The molecule has 2 N–H and O–H groups in total. The predicted octanol–water partition coefficient (Wildman–Crippen LogP) is 1.29. The first-order valence-corrected chi connectivity index (χ1v) is 6.43. The van der Waals surface area contributed by atoms with Gasteiger partial charge in [-0.1, -0.05) is 17.7 Å². The van der Waals surface area contributed by atoms with Gasteiger partial charge in [-0.15, -0.1) is 0 Å². The summed E-state index contributed by atoms with van der Waals surface area (Å²) in [5.41, 5.74) is 0.558. The first kappa shape index (κ1) is 14.2. The van der Waals surface area contributed by atoms with Gasteiger partial charge in [0.2, 0.25) is 5.91 Å². The SMILES string of the molecule is O=C(Cc1ccc(F)cc1Cl)N[C@@H]1CCOC[C@H]1O. The molecule has 1 aromatic rings. The van der Waals surface area contributed by atoms with Gasteiger partial charge < -0.3 is 15.2 Å². The van der Waals surface area contributed by atoms with Gasteiger partial charge in [-0.3, -0.25) is 4.79 Å². The van der Waals surface area contributed by atoms with Crippen molar-refractivity contribution in [2.45, 2.75) is 25.0 Å². The minimum atomic E-state index is -0.693. The normalized spacial score (nSPS) is 23.1. The highest BCUT2D eigenvalue weighted by molar-refractivity contribution is 6.31. The first-order valence-electron chi connectivity index (χ1n) is 6.05. The largest absolute Gasteiger partial charge is 0.389 e. The fourth-order valence-corrected chi connectivity index (χ4v) is 2.22. The third-order valence-corrected chi connectivity index (χ3v) is 3.39. The van der Waals surface area contributed by atoms with Crippen molar-refractivity contribution in [3.05, 3.63) is 34.6 Å². The lowest BCUT2D eigenvalue weighted by Gasteiger charge is -2.28. The zero-order valence-corrected chi connectivity index (χ0v) is 11.0. The molecule has 0 spiro atoms. The van der Waals surface area contributed by atoms with Gasteiger partial charge in [-0.05, 0) is 24.1 Å². The molecule has 1 aliphatic rings. The van der Waals surface area contributed by atoms with E-state index in [1.807, 2.05) is 0 Å². The second-order valence-electron chi connectivity index (χ2n) is 4.52. The van der Waals surface area contributed by atoms with Gasteiger partial charge in [0.15, 0.2) is 0 Å².